The van der Waals surface area contributed by atoms with Crippen molar-refractivity contribution < 1.29 is 13.2 Å². The van der Waals surface area contributed by atoms with Crippen LogP contribution in [0.3, 0.4) is 0 Å². The van der Waals surface area contributed by atoms with Gasteiger partial charge in [-0.1, -0.05) is 0 Å². The third-order valence-corrected chi connectivity index (χ3v) is 5.38. The summed E-state index contributed by atoms with van der Waals surface area (Å²) >= 11 is 0. The zero-order valence-electron chi connectivity index (χ0n) is 11.0. The zero-order valence-corrected chi connectivity index (χ0v) is 11.8. The predicted molar refractivity (Wildman–Crippen MR) is 71.0 cm³/mol. The molecule has 0 aromatic rings. The van der Waals surface area contributed by atoms with Gasteiger partial charge in [-0.3, -0.25) is 0 Å². The predicted octanol–water partition coefficient (Wildman–Crippen LogP) is 0.473. The monoisotopic (exact) mass is 276 g/mol. The van der Waals surface area contributed by atoms with Crippen molar-refractivity contribution in [3.05, 3.63) is 0 Å². The van der Waals surface area contributed by atoms with Gasteiger partial charge in [0.25, 0.3) is 0 Å². The summed E-state index contributed by atoms with van der Waals surface area (Å²) in [5.41, 5.74) is 0. The second-order valence-corrected chi connectivity index (χ2v) is 7.23. The first-order chi connectivity index (χ1) is 8.57. The largest absolute Gasteiger partial charge is 0.377 e. The summed E-state index contributed by atoms with van der Waals surface area (Å²) in [6, 6.07) is 0.00389. The minimum atomic E-state index is -3.22. The number of sulfonamides is 1. The van der Waals surface area contributed by atoms with Gasteiger partial charge in [-0.25, -0.2) is 13.1 Å². The van der Waals surface area contributed by atoms with Gasteiger partial charge in [-0.15, -0.1) is 0 Å². The van der Waals surface area contributed by atoms with Crippen LogP contribution in [0.4, 0.5) is 0 Å². The molecule has 0 aromatic heterocycles. The van der Waals surface area contributed by atoms with Gasteiger partial charge >= 0.3 is 0 Å². The molecule has 106 valence electrons. The molecule has 2 fully saturated rings. The molecule has 0 radical (unpaired) electrons. The van der Waals surface area contributed by atoms with Crippen LogP contribution in [-0.2, 0) is 14.8 Å². The Balaban J connectivity index is 1.82. The van der Waals surface area contributed by atoms with E-state index in [1.54, 1.807) is 0 Å². The van der Waals surface area contributed by atoms with Gasteiger partial charge in [0.15, 0.2) is 0 Å². The minimum absolute atomic E-state index is 0.00389. The third-order valence-electron chi connectivity index (χ3n) is 3.84. The molecule has 3 unspecified atom stereocenters. The van der Waals surface area contributed by atoms with Crippen molar-refractivity contribution in [2.45, 2.75) is 44.8 Å². The van der Waals surface area contributed by atoms with Crippen molar-refractivity contribution in [2.24, 2.45) is 5.92 Å². The van der Waals surface area contributed by atoms with Crippen LogP contribution < -0.4 is 10.0 Å². The first-order valence-corrected chi connectivity index (χ1v) is 8.54. The molecule has 0 spiro atoms. The highest BCUT2D eigenvalue weighted by atomic mass is 32.2. The fraction of sp³-hybridized carbons (Fsp3) is 1.00. The minimum Gasteiger partial charge on any atom is -0.377 e. The lowest BCUT2D eigenvalue weighted by molar-refractivity contribution is 0.127. The fourth-order valence-electron chi connectivity index (χ4n) is 2.75. The van der Waals surface area contributed by atoms with Gasteiger partial charge in [0, 0.05) is 12.6 Å². The Labute approximate surface area is 110 Å². The van der Waals surface area contributed by atoms with E-state index < -0.39 is 10.0 Å². The summed E-state index contributed by atoms with van der Waals surface area (Å²) in [6.07, 6.45) is 3.95. The maximum Gasteiger partial charge on any atom is 0.214 e. The molecular weight excluding hydrogens is 252 g/mol. The number of ether oxygens (including phenoxy) is 1. The van der Waals surface area contributed by atoms with Crippen molar-refractivity contribution in [2.75, 3.05) is 25.4 Å². The Morgan fingerprint density at radius 3 is 2.83 bits per heavy atom. The zero-order chi connectivity index (χ0) is 13.0. The molecular formula is C12H24N2O3S. The molecule has 3 atom stereocenters. The van der Waals surface area contributed by atoms with Gasteiger partial charge in [-0.2, -0.15) is 0 Å². The van der Waals surface area contributed by atoms with Crippen LogP contribution in [0.1, 0.15) is 32.6 Å². The van der Waals surface area contributed by atoms with E-state index in [0.717, 1.165) is 38.8 Å². The normalized spacial score (nSPS) is 31.4. The van der Waals surface area contributed by atoms with E-state index in [1.807, 2.05) is 6.92 Å². The molecule has 0 aliphatic carbocycles. The van der Waals surface area contributed by atoms with Crippen LogP contribution >= 0.6 is 0 Å². The summed E-state index contributed by atoms with van der Waals surface area (Å²) in [7, 11) is -3.22. The SMILES string of the molecule is CC(NS(=O)(=O)CC1CCCO1)C1CCCNC1. The number of rotatable bonds is 5. The molecule has 2 aliphatic rings. The average molecular weight is 276 g/mol. The lowest BCUT2D eigenvalue weighted by atomic mass is 9.94. The van der Waals surface area contributed by atoms with Crippen molar-refractivity contribution in [3.63, 3.8) is 0 Å². The van der Waals surface area contributed by atoms with E-state index in [1.165, 1.54) is 0 Å². The summed E-state index contributed by atoms with van der Waals surface area (Å²) in [5.74, 6) is 0.510. The number of hydrogen-bond acceptors (Lipinski definition) is 4. The molecule has 6 heteroatoms. The van der Waals surface area contributed by atoms with Crippen LogP contribution in [0.15, 0.2) is 0 Å². The molecule has 0 saturated carbocycles. The summed E-state index contributed by atoms with van der Waals surface area (Å²) in [4.78, 5) is 0. The number of piperidine rings is 1. The maximum absolute atomic E-state index is 12.0. The molecule has 5 nitrogen and oxygen atoms in total. The number of hydrogen-bond donors (Lipinski definition) is 2. The maximum atomic E-state index is 12.0. The van der Waals surface area contributed by atoms with Crippen LogP contribution in [0, 0.1) is 5.92 Å². The van der Waals surface area contributed by atoms with Gasteiger partial charge < -0.3 is 10.1 Å². The molecule has 0 bridgehead atoms. The molecule has 0 amide bonds. The van der Waals surface area contributed by atoms with Crippen LogP contribution in [0.25, 0.3) is 0 Å². The third kappa shape index (κ3) is 4.19. The Morgan fingerprint density at radius 2 is 2.22 bits per heavy atom. The van der Waals surface area contributed by atoms with Crippen LogP contribution in [0.5, 0.6) is 0 Å². The molecule has 18 heavy (non-hydrogen) atoms. The van der Waals surface area contributed by atoms with E-state index in [4.69, 9.17) is 4.74 Å². The second kappa shape index (κ2) is 6.32. The van der Waals surface area contributed by atoms with Crippen molar-refractivity contribution in [3.8, 4) is 0 Å². The lowest BCUT2D eigenvalue weighted by Crippen LogP contribution is -2.46. The van der Waals surface area contributed by atoms with Crippen molar-refractivity contribution in [1.29, 1.82) is 0 Å². The Kier molecular flexibility index (Phi) is 5.00. The molecule has 2 N–H and O–H groups in total. The van der Waals surface area contributed by atoms with Crippen molar-refractivity contribution >= 4 is 10.0 Å². The van der Waals surface area contributed by atoms with E-state index in [-0.39, 0.29) is 17.9 Å². The number of nitrogens with one attached hydrogen (secondary N) is 2. The lowest BCUT2D eigenvalue weighted by Gasteiger charge is -2.29. The molecule has 2 heterocycles. The molecule has 2 saturated heterocycles. The van der Waals surface area contributed by atoms with Gasteiger partial charge in [-0.05, 0) is 51.6 Å². The summed E-state index contributed by atoms with van der Waals surface area (Å²) < 4.78 is 32.2. The average Bonchev–Trinajstić information content (AvgIpc) is 2.81. The van der Waals surface area contributed by atoms with E-state index in [2.05, 4.69) is 10.0 Å². The summed E-state index contributed by atoms with van der Waals surface area (Å²) in [5, 5.41) is 3.32. The van der Waals surface area contributed by atoms with Gasteiger partial charge in [0.1, 0.15) is 0 Å². The smallest absolute Gasteiger partial charge is 0.214 e. The Bertz CT molecular complexity index is 346. The Morgan fingerprint density at radius 1 is 1.39 bits per heavy atom. The molecule has 2 aliphatic heterocycles. The first kappa shape index (κ1) is 14.2. The highest BCUT2D eigenvalue weighted by Gasteiger charge is 2.27. The van der Waals surface area contributed by atoms with Crippen LogP contribution in [-0.4, -0.2) is 46.0 Å². The van der Waals surface area contributed by atoms with E-state index in [9.17, 15) is 8.42 Å². The fourth-order valence-corrected chi connectivity index (χ4v) is 4.36. The van der Waals surface area contributed by atoms with E-state index in [0.29, 0.717) is 12.5 Å². The van der Waals surface area contributed by atoms with Crippen molar-refractivity contribution in [1.82, 2.24) is 10.0 Å². The molecule has 0 aromatic carbocycles. The highest BCUT2D eigenvalue weighted by Crippen LogP contribution is 2.17. The quantitative estimate of drug-likeness (QED) is 0.766. The van der Waals surface area contributed by atoms with Crippen LogP contribution in [0.2, 0.25) is 0 Å². The van der Waals surface area contributed by atoms with Gasteiger partial charge in [0.05, 0.1) is 11.9 Å². The topological polar surface area (TPSA) is 67.4 Å². The highest BCUT2D eigenvalue weighted by molar-refractivity contribution is 7.89. The first-order valence-electron chi connectivity index (χ1n) is 6.89. The standard InChI is InChI=1S/C12H24N2O3S/c1-10(11-4-2-6-13-8-11)14-18(15,16)9-12-5-3-7-17-12/h10-14H,2-9H2,1H3. The second-order valence-electron chi connectivity index (χ2n) is 5.43. The van der Waals surface area contributed by atoms with Gasteiger partial charge in [0.2, 0.25) is 10.0 Å². The Hall–Kier alpha value is -0.170. The molecule has 2 rings (SSSR count). The van der Waals surface area contributed by atoms with E-state index >= 15 is 0 Å². The summed E-state index contributed by atoms with van der Waals surface area (Å²) in [6.45, 7) is 4.61.